The molecule has 0 aliphatic carbocycles. The summed E-state index contributed by atoms with van der Waals surface area (Å²) < 4.78 is 0. The van der Waals surface area contributed by atoms with Crippen LogP contribution in [-0.4, -0.2) is 49.7 Å². The van der Waals surface area contributed by atoms with Crippen molar-refractivity contribution in [2.24, 2.45) is 5.92 Å². The molecule has 4 nitrogen and oxygen atoms in total. The van der Waals surface area contributed by atoms with Gasteiger partial charge in [-0.1, -0.05) is 0 Å². The monoisotopic (exact) mass is 308 g/mol. The molecule has 118 valence electrons. The predicted octanol–water partition coefficient (Wildman–Crippen LogP) is 2.74. The quantitative estimate of drug-likeness (QED) is 0.906. The summed E-state index contributed by atoms with van der Waals surface area (Å²) >= 11 is 1.85. The Kier molecular flexibility index (Phi) is 5.14. The van der Waals surface area contributed by atoms with Gasteiger partial charge in [0.15, 0.2) is 5.13 Å². The van der Waals surface area contributed by atoms with Gasteiger partial charge in [0.2, 0.25) is 0 Å². The lowest BCUT2D eigenvalue weighted by molar-refractivity contribution is 0.249. The van der Waals surface area contributed by atoms with Crippen molar-refractivity contribution >= 4 is 16.5 Å². The fourth-order valence-electron chi connectivity index (χ4n) is 3.40. The maximum absolute atomic E-state index is 4.63. The van der Waals surface area contributed by atoms with Gasteiger partial charge in [-0.25, -0.2) is 4.98 Å². The molecule has 3 heterocycles. The van der Waals surface area contributed by atoms with Crippen LogP contribution >= 0.6 is 11.3 Å². The van der Waals surface area contributed by atoms with Crippen LogP contribution in [0.25, 0.3) is 0 Å². The zero-order valence-corrected chi connectivity index (χ0v) is 14.2. The molecule has 0 saturated carbocycles. The highest BCUT2D eigenvalue weighted by Crippen LogP contribution is 2.30. The standard InChI is InChI=1S/C16H28N4S/c1-13(17-2)15-11-18-16(21-15)20-9-5-14(6-10-20)12-19-7-3-4-8-19/h11,13-14,17H,3-10,12H2,1-2H3. The summed E-state index contributed by atoms with van der Waals surface area (Å²) in [6.45, 7) is 8.54. The van der Waals surface area contributed by atoms with E-state index in [1.807, 2.05) is 24.6 Å². The predicted molar refractivity (Wildman–Crippen MR) is 90.2 cm³/mol. The van der Waals surface area contributed by atoms with Crippen molar-refractivity contribution in [3.63, 3.8) is 0 Å². The van der Waals surface area contributed by atoms with Crippen LogP contribution in [0.2, 0.25) is 0 Å². The van der Waals surface area contributed by atoms with Crippen LogP contribution in [0.15, 0.2) is 6.20 Å². The van der Waals surface area contributed by atoms with E-state index in [1.165, 1.54) is 68.4 Å². The number of hydrogen-bond acceptors (Lipinski definition) is 5. The van der Waals surface area contributed by atoms with E-state index in [-0.39, 0.29) is 0 Å². The molecule has 0 amide bonds. The second-order valence-corrected chi connectivity index (χ2v) is 7.53. The van der Waals surface area contributed by atoms with E-state index >= 15 is 0 Å². The van der Waals surface area contributed by atoms with E-state index < -0.39 is 0 Å². The molecule has 0 bridgehead atoms. The second-order valence-electron chi connectivity index (χ2n) is 6.49. The molecule has 1 unspecified atom stereocenters. The Balaban J connectivity index is 1.49. The molecule has 1 aromatic heterocycles. The van der Waals surface area contributed by atoms with Crippen LogP contribution < -0.4 is 10.2 Å². The van der Waals surface area contributed by atoms with E-state index in [0.717, 1.165) is 5.92 Å². The summed E-state index contributed by atoms with van der Waals surface area (Å²) in [6, 6.07) is 0.406. The van der Waals surface area contributed by atoms with E-state index in [1.54, 1.807) is 0 Å². The number of nitrogens with zero attached hydrogens (tertiary/aromatic N) is 3. The van der Waals surface area contributed by atoms with Crippen LogP contribution in [0.5, 0.6) is 0 Å². The summed E-state index contributed by atoms with van der Waals surface area (Å²) in [5, 5.41) is 4.51. The molecule has 3 rings (SSSR count). The molecule has 1 atom stereocenters. The van der Waals surface area contributed by atoms with E-state index in [2.05, 4.69) is 27.0 Å². The summed E-state index contributed by atoms with van der Waals surface area (Å²) in [6.07, 6.45) is 7.51. The van der Waals surface area contributed by atoms with Crippen LogP contribution in [0, 0.1) is 5.92 Å². The van der Waals surface area contributed by atoms with Crippen LogP contribution in [0.1, 0.15) is 43.5 Å². The fourth-order valence-corrected chi connectivity index (χ4v) is 4.43. The van der Waals surface area contributed by atoms with E-state index in [0.29, 0.717) is 6.04 Å². The fraction of sp³-hybridized carbons (Fsp3) is 0.812. The Hall–Kier alpha value is -0.650. The first-order valence-electron chi connectivity index (χ1n) is 8.36. The summed E-state index contributed by atoms with van der Waals surface area (Å²) in [7, 11) is 2.01. The Morgan fingerprint density at radius 3 is 2.67 bits per heavy atom. The molecule has 1 aromatic rings. The largest absolute Gasteiger partial charge is 0.348 e. The average Bonchev–Trinajstić information content (AvgIpc) is 3.18. The van der Waals surface area contributed by atoms with Gasteiger partial charge in [0.05, 0.1) is 0 Å². The Bertz CT molecular complexity index is 433. The van der Waals surface area contributed by atoms with E-state index in [4.69, 9.17) is 0 Å². The third-order valence-electron chi connectivity index (χ3n) is 4.97. The number of nitrogens with one attached hydrogen (secondary N) is 1. The molecule has 21 heavy (non-hydrogen) atoms. The topological polar surface area (TPSA) is 31.4 Å². The molecular weight excluding hydrogens is 280 g/mol. The highest BCUT2D eigenvalue weighted by Gasteiger charge is 2.24. The van der Waals surface area contributed by atoms with Gasteiger partial charge in [-0.2, -0.15) is 0 Å². The molecule has 2 aliphatic rings. The number of likely N-dealkylation sites (tertiary alicyclic amines) is 1. The third-order valence-corrected chi connectivity index (χ3v) is 6.21. The number of hydrogen-bond donors (Lipinski definition) is 1. The first-order chi connectivity index (χ1) is 10.3. The molecule has 2 aliphatic heterocycles. The Morgan fingerprint density at radius 1 is 1.29 bits per heavy atom. The van der Waals surface area contributed by atoms with Crippen LogP contribution in [0.3, 0.4) is 0 Å². The second kappa shape index (κ2) is 7.07. The Labute approximate surface area is 132 Å². The van der Waals surface area contributed by atoms with Gasteiger partial charge in [0, 0.05) is 36.8 Å². The normalized spacial score (nSPS) is 22.9. The van der Waals surface area contributed by atoms with Gasteiger partial charge >= 0.3 is 0 Å². The maximum Gasteiger partial charge on any atom is 0.185 e. The van der Waals surface area contributed by atoms with Gasteiger partial charge in [0.25, 0.3) is 0 Å². The first kappa shape index (κ1) is 15.3. The zero-order chi connectivity index (χ0) is 14.7. The molecule has 0 aromatic carbocycles. The van der Waals surface area contributed by atoms with Crippen molar-refractivity contribution in [2.75, 3.05) is 44.7 Å². The van der Waals surface area contributed by atoms with Gasteiger partial charge in [-0.15, -0.1) is 11.3 Å². The van der Waals surface area contributed by atoms with Crippen molar-refractivity contribution in [3.8, 4) is 0 Å². The highest BCUT2D eigenvalue weighted by molar-refractivity contribution is 7.15. The molecule has 0 radical (unpaired) electrons. The zero-order valence-electron chi connectivity index (χ0n) is 13.3. The number of aromatic nitrogens is 1. The number of rotatable bonds is 5. The van der Waals surface area contributed by atoms with Gasteiger partial charge in [-0.3, -0.25) is 0 Å². The van der Waals surface area contributed by atoms with Crippen molar-refractivity contribution in [1.82, 2.24) is 15.2 Å². The summed E-state index contributed by atoms with van der Waals surface area (Å²) in [5.41, 5.74) is 0. The summed E-state index contributed by atoms with van der Waals surface area (Å²) in [5.74, 6) is 0.898. The number of piperidine rings is 1. The minimum Gasteiger partial charge on any atom is -0.348 e. The van der Waals surface area contributed by atoms with Crippen molar-refractivity contribution in [3.05, 3.63) is 11.1 Å². The van der Waals surface area contributed by atoms with Gasteiger partial charge in [-0.05, 0) is 58.7 Å². The molecule has 5 heteroatoms. The lowest BCUT2D eigenvalue weighted by Gasteiger charge is -2.33. The molecule has 2 fully saturated rings. The molecule has 0 spiro atoms. The van der Waals surface area contributed by atoms with Crippen molar-refractivity contribution in [1.29, 1.82) is 0 Å². The SMILES string of the molecule is CNC(C)c1cnc(N2CCC(CN3CCCC3)CC2)s1. The highest BCUT2D eigenvalue weighted by atomic mass is 32.1. The van der Waals surface area contributed by atoms with Crippen molar-refractivity contribution in [2.45, 2.75) is 38.6 Å². The molecule has 2 saturated heterocycles. The van der Waals surface area contributed by atoms with E-state index in [9.17, 15) is 0 Å². The number of thiazole rings is 1. The smallest absolute Gasteiger partial charge is 0.185 e. The minimum atomic E-state index is 0.406. The maximum atomic E-state index is 4.63. The first-order valence-corrected chi connectivity index (χ1v) is 9.18. The molecular formula is C16H28N4S. The Morgan fingerprint density at radius 2 is 2.00 bits per heavy atom. The lowest BCUT2D eigenvalue weighted by atomic mass is 9.96. The van der Waals surface area contributed by atoms with Crippen molar-refractivity contribution < 1.29 is 0 Å². The lowest BCUT2D eigenvalue weighted by Crippen LogP contribution is -2.38. The van der Waals surface area contributed by atoms with Gasteiger partial charge in [0.1, 0.15) is 0 Å². The molecule has 1 N–H and O–H groups in total. The van der Waals surface area contributed by atoms with Crippen LogP contribution in [-0.2, 0) is 0 Å². The summed E-state index contributed by atoms with van der Waals surface area (Å²) in [4.78, 5) is 11.1. The van der Waals surface area contributed by atoms with Gasteiger partial charge < -0.3 is 15.1 Å². The third kappa shape index (κ3) is 3.76. The minimum absolute atomic E-state index is 0.406. The average molecular weight is 308 g/mol. The van der Waals surface area contributed by atoms with Crippen LogP contribution in [0.4, 0.5) is 5.13 Å². The number of anilines is 1.